The van der Waals surface area contributed by atoms with Gasteiger partial charge in [-0.1, -0.05) is 12.1 Å². The molecule has 0 amide bonds. The molecule has 0 bridgehead atoms. The largest absolute Gasteiger partial charge is 0.299 e. The second-order valence-corrected chi connectivity index (χ2v) is 7.32. The van der Waals surface area contributed by atoms with Gasteiger partial charge >= 0.3 is 0 Å². The molecule has 2 rings (SSSR count). The minimum absolute atomic E-state index is 0.0502. The molecular formula is C15H21N3O2S. The van der Waals surface area contributed by atoms with Crippen LogP contribution in [0.15, 0.2) is 24.3 Å². The van der Waals surface area contributed by atoms with Crippen molar-refractivity contribution >= 4 is 10.0 Å². The van der Waals surface area contributed by atoms with Gasteiger partial charge in [-0.3, -0.25) is 4.90 Å². The van der Waals surface area contributed by atoms with E-state index in [-0.39, 0.29) is 11.8 Å². The Bertz CT molecular complexity index is 599. The topological polar surface area (TPSA) is 73.2 Å². The van der Waals surface area contributed by atoms with Crippen LogP contribution in [0.2, 0.25) is 0 Å². The lowest BCUT2D eigenvalue weighted by Crippen LogP contribution is -2.40. The second-order valence-electron chi connectivity index (χ2n) is 5.51. The Kier molecular flexibility index (Phi) is 5.34. The molecular weight excluding hydrogens is 286 g/mol. The van der Waals surface area contributed by atoms with Crippen molar-refractivity contribution in [2.75, 3.05) is 19.6 Å². The van der Waals surface area contributed by atoms with Crippen LogP contribution < -0.4 is 4.72 Å². The first-order chi connectivity index (χ1) is 10.00. The monoisotopic (exact) mass is 307 g/mol. The molecule has 1 aliphatic rings. The number of nitriles is 1. The minimum Gasteiger partial charge on any atom is -0.299 e. The predicted octanol–water partition coefficient (Wildman–Crippen LogP) is 1.46. The maximum atomic E-state index is 12.1. The van der Waals surface area contributed by atoms with Gasteiger partial charge in [0.05, 0.1) is 17.4 Å². The third kappa shape index (κ3) is 4.81. The molecule has 0 aromatic heterocycles. The molecule has 0 aliphatic carbocycles. The standard InChI is InChI=1S/C15H21N3O2S/c1-13(18-8-2-3-9-18)11-17-21(19,20)12-15-6-4-14(10-16)5-7-15/h4-7,13,17H,2-3,8-9,11-12H2,1H3. The number of benzene rings is 1. The predicted molar refractivity (Wildman–Crippen MR) is 82.1 cm³/mol. The van der Waals surface area contributed by atoms with Gasteiger partial charge in [-0.05, 0) is 50.6 Å². The highest BCUT2D eigenvalue weighted by molar-refractivity contribution is 7.88. The third-order valence-corrected chi connectivity index (χ3v) is 5.12. The van der Waals surface area contributed by atoms with E-state index >= 15 is 0 Å². The first-order valence-corrected chi connectivity index (χ1v) is 8.86. The lowest BCUT2D eigenvalue weighted by Gasteiger charge is -2.23. The third-order valence-electron chi connectivity index (χ3n) is 3.80. The molecule has 0 radical (unpaired) electrons. The molecule has 1 fully saturated rings. The molecule has 0 spiro atoms. The van der Waals surface area contributed by atoms with Gasteiger partial charge in [0.1, 0.15) is 0 Å². The summed E-state index contributed by atoms with van der Waals surface area (Å²) in [4.78, 5) is 2.31. The van der Waals surface area contributed by atoms with E-state index in [1.54, 1.807) is 24.3 Å². The van der Waals surface area contributed by atoms with Gasteiger partial charge in [-0.2, -0.15) is 5.26 Å². The SMILES string of the molecule is CC(CNS(=O)(=O)Cc1ccc(C#N)cc1)N1CCCC1. The van der Waals surface area contributed by atoms with E-state index in [0.29, 0.717) is 17.7 Å². The van der Waals surface area contributed by atoms with Gasteiger partial charge in [-0.15, -0.1) is 0 Å². The van der Waals surface area contributed by atoms with Crippen molar-refractivity contribution < 1.29 is 8.42 Å². The van der Waals surface area contributed by atoms with Crippen LogP contribution in [0.25, 0.3) is 0 Å². The summed E-state index contributed by atoms with van der Waals surface area (Å²) < 4.78 is 26.8. The maximum absolute atomic E-state index is 12.1. The fourth-order valence-corrected chi connectivity index (χ4v) is 3.73. The average Bonchev–Trinajstić information content (AvgIpc) is 2.99. The van der Waals surface area contributed by atoms with E-state index in [1.165, 1.54) is 12.8 Å². The van der Waals surface area contributed by atoms with Crippen LogP contribution >= 0.6 is 0 Å². The Hall–Kier alpha value is -1.42. The average molecular weight is 307 g/mol. The van der Waals surface area contributed by atoms with Crippen LogP contribution in [0, 0.1) is 11.3 Å². The first kappa shape index (κ1) is 16.0. The number of sulfonamides is 1. The van der Waals surface area contributed by atoms with Crippen molar-refractivity contribution in [3.05, 3.63) is 35.4 Å². The lowest BCUT2D eigenvalue weighted by molar-refractivity contribution is 0.260. The number of nitrogens with zero attached hydrogens (tertiary/aromatic N) is 2. The molecule has 6 heteroatoms. The molecule has 1 aromatic rings. The van der Waals surface area contributed by atoms with Gasteiger partial charge < -0.3 is 0 Å². The van der Waals surface area contributed by atoms with Gasteiger partial charge in [0.2, 0.25) is 10.0 Å². The van der Waals surface area contributed by atoms with Gasteiger partial charge in [0.25, 0.3) is 0 Å². The van der Waals surface area contributed by atoms with Gasteiger partial charge in [0.15, 0.2) is 0 Å². The Labute approximate surface area is 126 Å². The van der Waals surface area contributed by atoms with E-state index in [2.05, 4.69) is 16.5 Å². The van der Waals surface area contributed by atoms with Crippen molar-refractivity contribution in [3.8, 4) is 6.07 Å². The summed E-state index contributed by atoms with van der Waals surface area (Å²) >= 11 is 0. The molecule has 1 atom stereocenters. The van der Waals surface area contributed by atoms with Crippen LogP contribution in [0.4, 0.5) is 0 Å². The van der Waals surface area contributed by atoms with Crippen molar-refractivity contribution in [3.63, 3.8) is 0 Å². The summed E-state index contributed by atoms with van der Waals surface area (Å²) in [6, 6.07) is 8.88. The van der Waals surface area contributed by atoms with Crippen LogP contribution in [0.5, 0.6) is 0 Å². The van der Waals surface area contributed by atoms with E-state index in [1.807, 2.05) is 6.07 Å². The number of rotatable bonds is 6. The summed E-state index contributed by atoms with van der Waals surface area (Å²) in [6.45, 7) is 4.60. The summed E-state index contributed by atoms with van der Waals surface area (Å²) in [5.74, 6) is -0.0502. The maximum Gasteiger partial charge on any atom is 0.215 e. The highest BCUT2D eigenvalue weighted by Crippen LogP contribution is 2.12. The minimum atomic E-state index is -3.34. The fourth-order valence-electron chi connectivity index (χ4n) is 2.50. The number of hydrogen-bond donors (Lipinski definition) is 1. The molecule has 1 saturated heterocycles. The van der Waals surface area contributed by atoms with E-state index in [9.17, 15) is 8.42 Å². The van der Waals surface area contributed by atoms with Crippen LogP contribution in [0.3, 0.4) is 0 Å². The summed E-state index contributed by atoms with van der Waals surface area (Å²) in [5, 5.41) is 8.72. The molecule has 21 heavy (non-hydrogen) atoms. The van der Waals surface area contributed by atoms with Crippen LogP contribution in [-0.4, -0.2) is 39.0 Å². The normalized spacial score (nSPS) is 17.5. The van der Waals surface area contributed by atoms with Crippen molar-refractivity contribution in [2.45, 2.75) is 31.6 Å². The van der Waals surface area contributed by atoms with Crippen molar-refractivity contribution in [1.29, 1.82) is 5.26 Å². The molecule has 1 aliphatic heterocycles. The molecule has 1 unspecified atom stereocenters. The Balaban J connectivity index is 1.87. The van der Waals surface area contributed by atoms with Crippen molar-refractivity contribution in [2.24, 2.45) is 0 Å². The molecule has 5 nitrogen and oxygen atoms in total. The molecule has 1 aromatic carbocycles. The second kappa shape index (κ2) is 7.03. The number of likely N-dealkylation sites (tertiary alicyclic amines) is 1. The zero-order valence-corrected chi connectivity index (χ0v) is 13.1. The molecule has 0 saturated carbocycles. The number of hydrogen-bond acceptors (Lipinski definition) is 4. The first-order valence-electron chi connectivity index (χ1n) is 7.20. The lowest BCUT2D eigenvalue weighted by atomic mass is 10.2. The van der Waals surface area contributed by atoms with Gasteiger partial charge in [-0.25, -0.2) is 13.1 Å². The summed E-state index contributed by atoms with van der Waals surface area (Å²) in [7, 11) is -3.34. The summed E-state index contributed by atoms with van der Waals surface area (Å²) in [5.41, 5.74) is 1.22. The fraction of sp³-hybridized carbons (Fsp3) is 0.533. The quantitative estimate of drug-likeness (QED) is 0.863. The van der Waals surface area contributed by atoms with E-state index in [4.69, 9.17) is 5.26 Å². The Morgan fingerprint density at radius 3 is 2.48 bits per heavy atom. The molecule has 1 N–H and O–H groups in total. The van der Waals surface area contributed by atoms with Crippen molar-refractivity contribution in [1.82, 2.24) is 9.62 Å². The highest BCUT2D eigenvalue weighted by Gasteiger charge is 2.20. The molecule has 1 heterocycles. The zero-order valence-electron chi connectivity index (χ0n) is 12.2. The van der Waals surface area contributed by atoms with Crippen LogP contribution in [0.1, 0.15) is 30.9 Å². The Morgan fingerprint density at radius 1 is 1.29 bits per heavy atom. The molecule has 114 valence electrons. The number of nitrogens with one attached hydrogen (secondary N) is 1. The van der Waals surface area contributed by atoms with E-state index < -0.39 is 10.0 Å². The smallest absolute Gasteiger partial charge is 0.215 e. The Morgan fingerprint density at radius 2 is 1.90 bits per heavy atom. The van der Waals surface area contributed by atoms with Gasteiger partial charge in [0, 0.05) is 12.6 Å². The summed E-state index contributed by atoms with van der Waals surface area (Å²) in [6.07, 6.45) is 2.39. The highest BCUT2D eigenvalue weighted by atomic mass is 32.2. The zero-order chi connectivity index (χ0) is 15.3. The van der Waals surface area contributed by atoms with Crippen LogP contribution in [-0.2, 0) is 15.8 Å². The van der Waals surface area contributed by atoms with E-state index in [0.717, 1.165) is 13.1 Å².